The van der Waals surface area contributed by atoms with Gasteiger partial charge in [-0.25, -0.2) is 0 Å². The highest BCUT2D eigenvalue weighted by Gasteiger charge is 2.25. The van der Waals surface area contributed by atoms with Crippen molar-refractivity contribution < 1.29 is 0 Å². The molecule has 1 rings (SSSR count). The van der Waals surface area contributed by atoms with Gasteiger partial charge in [0.25, 0.3) is 0 Å². The smallest absolute Gasteiger partial charge is 0.103 e. The van der Waals surface area contributed by atoms with Gasteiger partial charge in [-0.15, -0.1) is 0 Å². The van der Waals surface area contributed by atoms with Gasteiger partial charge in [0.2, 0.25) is 0 Å². The Balaban J connectivity index is 2.25. The van der Waals surface area contributed by atoms with E-state index in [1.807, 2.05) is 6.92 Å². The zero-order chi connectivity index (χ0) is 15.0. The van der Waals surface area contributed by atoms with Crippen LogP contribution in [-0.2, 0) is 0 Å². The van der Waals surface area contributed by atoms with E-state index in [9.17, 15) is 5.26 Å². The molecule has 1 saturated carbocycles. The molecule has 0 heterocycles. The van der Waals surface area contributed by atoms with Crippen LogP contribution in [0.4, 0.5) is 0 Å². The van der Waals surface area contributed by atoms with E-state index in [2.05, 4.69) is 37.2 Å². The first-order valence-corrected chi connectivity index (χ1v) is 8.39. The van der Waals surface area contributed by atoms with Crippen LogP contribution in [-0.4, -0.2) is 36.6 Å². The molecular weight excluding hydrogens is 246 g/mol. The van der Waals surface area contributed by atoms with Gasteiger partial charge >= 0.3 is 0 Å². The predicted molar refractivity (Wildman–Crippen MR) is 85.6 cm³/mol. The Kier molecular flexibility index (Phi) is 7.55. The highest BCUT2D eigenvalue weighted by Crippen LogP contribution is 2.27. The molecule has 1 aliphatic rings. The fourth-order valence-corrected chi connectivity index (χ4v) is 3.53. The zero-order valence-electron chi connectivity index (χ0n) is 13.9. The second-order valence-electron chi connectivity index (χ2n) is 6.74. The quantitative estimate of drug-likeness (QED) is 0.691. The van der Waals surface area contributed by atoms with Crippen molar-refractivity contribution in [1.29, 1.82) is 5.26 Å². The fraction of sp³-hybridized carbons (Fsp3) is 0.941. The van der Waals surface area contributed by atoms with Gasteiger partial charge in [-0.3, -0.25) is 5.32 Å². The van der Waals surface area contributed by atoms with Crippen LogP contribution in [0.1, 0.15) is 65.7 Å². The molecule has 3 heteroatoms. The lowest BCUT2D eigenvalue weighted by Gasteiger charge is -2.36. The lowest BCUT2D eigenvalue weighted by Crippen LogP contribution is -2.41. The standard InChI is InChI=1S/C17H33N3/c1-5-19-17(3,14-18)12-8-9-13-20(4)16-11-7-6-10-15(16)2/h15-16,19H,5-13H2,1-4H3. The van der Waals surface area contributed by atoms with Crippen LogP contribution in [0.25, 0.3) is 0 Å². The molecule has 0 aliphatic heterocycles. The lowest BCUT2D eigenvalue weighted by molar-refractivity contribution is 0.137. The van der Waals surface area contributed by atoms with Crippen LogP contribution in [0.5, 0.6) is 0 Å². The summed E-state index contributed by atoms with van der Waals surface area (Å²) in [5, 5.41) is 12.5. The van der Waals surface area contributed by atoms with E-state index in [4.69, 9.17) is 0 Å². The highest BCUT2D eigenvalue weighted by atomic mass is 15.1. The molecule has 3 atom stereocenters. The van der Waals surface area contributed by atoms with Crippen LogP contribution in [0.3, 0.4) is 0 Å². The lowest BCUT2D eigenvalue weighted by atomic mass is 9.85. The summed E-state index contributed by atoms with van der Waals surface area (Å²) in [6.07, 6.45) is 8.84. The second-order valence-corrected chi connectivity index (χ2v) is 6.74. The monoisotopic (exact) mass is 279 g/mol. The van der Waals surface area contributed by atoms with E-state index in [0.717, 1.165) is 31.3 Å². The topological polar surface area (TPSA) is 39.1 Å². The summed E-state index contributed by atoms with van der Waals surface area (Å²) in [5.74, 6) is 0.847. The number of nitrogens with zero attached hydrogens (tertiary/aromatic N) is 2. The molecule has 1 N–H and O–H groups in total. The molecule has 3 unspecified atom stereocenters. The second kappa shape index (κ2) is 8.64. The van der Waals surface area contributed by atoms with Crippen molar-refractivity contribution in [1.82, 2.24) is 10.2 Å². The largest absolute Gasteiger partial charge is 0.303 e. The van der Waals surface area contributed by atoms with Gasteiger partial charge in [-0.05, 0) is 65.1 Å². The molecule has 0 radical (unpaired) electrons. The van der Waals surface area contributed by atoms with Crippen LogP contribution in [0.2, 0.25) is 0 Å². The molecule has 1 fully saturated rings. The van der Waals surface area contributed by atoms with Crippen LogP contribution >= 0.6 is 0 Å². The summed E-state index contributed by atoms with van der Waals surface area (Å²) in [7, 11) is 2.28. The summed E-state index contributed by atoms with van der Waals surface area (Å²) in [6.45, 7) is 8.52. The molecule has 0 aromatic carbocycles. The summed E-state index contributed by atoms with van der Waals surface area (Å²) < 4.78 is 0. The SMILES string of the molecule is CCNC(C)(C#N)CCCCN(C)C1CCCCC1C. The third kappa shape index (κ3) is 5.42. The van der Waals surface area contributed by atoms with Crippen molar-refractivity contribution in [3.63, 3.8) is 0 Å². The van der Waals surface area contributed by atoms with E-state index in [0.29, 0.717) is 0 Å². The van der Waals surface area contributed by atoms with E-state index in [-0.39, 0.29) is 5.54 Å². The predicted octanol–water partition coefficient (Wildman–Crippen LogP) is 3.56. The molecule has 1 aliphatic carbocycles. The maximum absolute atomic E-state index is 9.24. The Morgan fingerprint density at radius 2 is 2.00 bits per heavy atom. The molecule has 0 bridgehead atoms. The van der Waals surface area contributed by atoms with Crippen molar-refractivity contribution in [3.8, 4) is 6.07 Å². The van der Waals surface area contributed by atoms with Crippen molar-refractivity contribution in [3.05, 3.63) is 0 Å². The molecule has 116 valence electrons. The van der Waals surface area contributed by atoms with Crippen LogP contribution in [0.15, 0.2) is 0 Å². The van der Waals surface area contributed by atoms with E-state index < -0.39 is 0 Å². The summed E-state index contributed by atoms with van der Waals surface area (Å²) in [5.41, 5.74) is -0.342. The minimum atomic E-state index is -0.342. The van der Waals surface area contributed by atoms with E-state index in [1.165, 1.54) is 38.6 Å². The molecule has 0 spiro atoms. The summed E-state index contributed by atoms with van der Waals surface area (Å²) in [4.78, 5) is 2.56. The maximum atomic E-state index is 9.24. The average Bonchev–Trinajstić information content (AvgIpc) is 2.44. The number of rotatable bonds is 8. The van der Waals surface area contributed by atoms with Gasteiger partial charge in [0.05, 0.1) is 6.07 Å². The Morgan fingerprint density at radius 3 is 2.60 bits per heavy atom. The van der Waals surface area contributed by atoms with Crippen LogP contribution < -0.4 is 5.32 Å². The third-order valence-corrected chi connectivity index (χ3v) is 4.88. The average molecular weight is 279 g/mol. The number of hydrogen-bond donors (Lipinski definition) is 1. The third-order valence-electron chi connectivity index (χ3n) is 4.88. The van der Waals surface area contributed by atoms with E-state index in [1.54, 1.807) is 0 Å². The minimum Gasteiger partial charge on any atom is -0.303 e. The molecule has 0 amide bonds. The van der Waals surface area contributed by atoms with Gasteiger partial charge in [0, 0.05) is 6.04 Å². The highest BCUT2D eigenvalue weighted by molar-refractivity contribution is 5.03. The maximum Gasteiger partial charge on any atom is 0.103 e. The van der Waals surface area contributed by atoms with Crippen molar-refractivity contribution >= 4 is 0 Å². The number of nitrogens with one attached hydrogen (secondary N) is 1. The first kappa shape index (κ1) is 17.5. The number of nitriles is 1. The summed E-state index contributed by atoms with van der Waals surface area (Å²) >= 11 is 0. The minimum absolute atomic E-state index is 0.342. The molecule has 0 aromatic rings. The van der Waals surface area contributed by atoms with Crippen molar-refractivity contribution in [2.75, 3.05) is 20.1 Å². The molecule has 0 aromatic heterocycles. The Bertz CT molecular complexity index is 310. The molecule has 20 heavy (non-hydrogen) atoms. The Labute approximate surface area is 125 Å². The van der Waals surface area contributed by atoms with Gasteiger partial charge in [0.15, 0.2) is 0 Å². The normalized spacial score (nSPS) is 26.2. The molecule has 3 nitrogen and oxygen atoms in total. The van der Waals surface area contributed by atoms with Crippen molar-refractivity contribution in [2.45, 2.75) is 77.3 Å². The van der Waals surface area contributed by atoms with Gasteiger partial charge in [-0.2, -0.15) is 5.26 Å². The fourth-order valence-electron chi connectivity index (χ4n) is 3.53. The molecule has 0 saturated heterocycles. The summed E-state index contributed by atoms with van der Waals surface area (Å²) in [6, 6.07) is 3.19. The van der Waals surface area contributed by atoms with Gasteiger partial charge in [0.1, 0.15) is 5.54 Å². The number of unbranched alkanes of at least 4 members (excludes halogenated alkanes) is 1. The van der Waals surface area contributed by atoms with Gasteiger partial charge < -0.3 is 4.90 Å². The van der Waals surface area contributed by atoms with Crippen LogP contribution in [0, 0.1) is 17.2 Å². The first-order valence-electron chi connectivity index (χ1n) is 8.39. The zero-order valence-corrected chi connectivity index (χ0v) is 13.9. The Hall–Kier alpha value is -0.590. The van der Waals surface area contributed by atoms with Gasteiger partial charge in [-0.1, -0.05) is 26.7 Å². The van der Waals surface area contributed by atoms with E-state index >= 15 is 0 Å². The molecular formula is C17H33N3. The van der Waals surface area contributed by atoms with Crippen molar-refractivity contribution in [2.24, 2.45) is 5.92 Å². The number of hydrogen-bond acceptors (Lipinski definition) is 3. The first-order chi connectivity index (χ1) is 9.52. The Morgan fingerprint density at radius 1 is 1.30 bits per heavy atom.